The van der Waals surface area contributed by atoms with Gasteiger partial charge in [-0.3, -0.25) is 14.5 Å². The van der Waals surface area contributed by atoms with Gasteiger partial charge in [-0.25, -0.2) is 0 Å². The third kappa shape index (κ3) is 5.42. The van der Waals surface area contributed by atoms with Crippen LogP contribution in [0.15, 0.2) is 65.3 Å². The van der Waals surface area contributed by atoms with Crippen LogP contribution in [0.1, 0.15) is 78.7 Å². The quantitative estimate of drug-likeness (QED) is 0.424. The molecule has 3 aromatic rings. The minimum Gasteiger partial charge on any atom is -0.497 e. The van der Waals surface area contributed by atoms with Gasteiger partial charge in [0.25, 0.3) is 5.91 Å². The molecule has 0 radical (unpaired) electrons. The van der Waals surface area contributed by atoms with E-state index in [0.29, 0.717) is 34.2 Å². The highest BCUT2D eigenvalue weighted by Gasteiger charge is 2.35. The normalized spacial score (nSPS) is 14.7. The number of nitrogens with one attached hydrogen (secondary N) is 1. The highest BCUT2D eigenvalue weighted by atomic mass is 16.5. The van der Waals surface area contributed by atoms with E-state index in [-0.39, 0.29) is 17.9 Å². The van der Waals surface area contributed by atoms with Gasteiger partial charge in [0.2, 0.25) is 5.91 Å². The Morgan fingerprint density at radius 3 is 2.14 bits per heavy atom. The van der Waals surface area contributed by atoms with Crippen LogP contribution in [0.5, 0.6) is 5.75 Å². The number of carbonyl (C=O) groups is 2. The van der Waals surface area contributed by atoms with Crippen molar-refractivity contribution in [2.45, 2.75) is 64.5 Å². The maximum absolute atomic E-state index is 14.0. The standard InChI is InChI=1S/C29H34N2O4/c1-19(2)21-9-13-24(14-10-21)31(29(33)26-17-18-35-20(26)3)27(22-11-15-25(34-4)16-12-22)28(32)30-23-7-5-6-8-23/h9-19,23,27H,5-8H2,1-4H3,(H,30,32). The highest BCUT2D eigenvalue weighted by molar-refractivity contribution is 6.10. The predicted molar refractivity (Wildman–Crippen MR) is 137 cm³/mol. The lowest BCUT2D eigenvalue weighted by Crippen LogP contribution is -2.46. The van der Waals surface area contributed by atoms with E-state index in [2.05, 4.69) is 19.2 Å². The van der Waals surface area contributed by atoms with Crippen LogP contribution < -0.4 is 15.0 Å². The van der Waals surface area contributed by atoms with Crippen LogP contribution in [-0.4, -0.2) is 25.0 Å². The Morgan fingerprint density at radius 1 is 0.971 bits per heavy atom. The van der Waals surface area contributed by atoms with Crippen LogP contribution in [0.4, 0.5) is 5.69 Å². The maximum Gasteiger partial charge on any atom is 0.262 e. The molecule has 0 spiro atoms. The molecule has 1 N–H and O–H groups in total. The molecular weight excluding hydrogens is 440 g/mol. The lowest BCUT2D eigenvalue weighted by atomic mass is 9.99. The van der Waals surface area contributed by atoms with Crippen LogP contribution in [0.3, 0.4) is 0 Å². The molecule has 6 heteroatoms. The summed E-state index contributed by atoms with van der Waals surface area (Å²) in [5.41, 5.74) is 2.97. The van der Waals surface area contributed by atoms with Crippen molar-refractivity contribution >= 4 is 17.5 Å². The molecule has 1 heterocycles. The molecule has 0 saturated heterocycles. The van der Waals surface area contributed by atoms with Crippen molar-refractivity contribution in [1.82, 2.24) is 5.32 Å². The zero-order valence-corrected chi connectivity index (χ0v) is 20.9. The zero-order valence-electron chi connectivity index (χ0n) is 20.9. The molecule has 1 aromatic heterocycles. The van der Waals surface area contributed by atoms with E-state index >= 15 is 0 Å². The van der Waals surface area contributed by atoms with Gasteiger partial charge in [0.05, 0.1) is 18.9 Å². The number of anilines is 1. The molecule has 1 aliphatic carbocycles. The first-order valence-electron chi connectivity index (χ1n) is 12.3. The van der Waals surface area contributed by atoms with Crippen molar-refractivity contribution in [1.29, 1.82) is 0 Å². The van der Waals surface area contributed by atoms with E-state index in [4.69, 9.17) is 9.15 Å². The van der Waals surface area contributed by atoms with Crippen molar-refractivity contribution in [3.8, 4) is 5.75 Å². The minimum absolute atomic E-state index is 0.124. The van der Waals surface area contributed by atoms with Gasteiger partial charge in [0.1, 0.15) is 17.6 Å². The molecule has 0 bridgehead atoms. The molecule has 6 nitrogen and oxygen atoms in total. The second-order valence-corrected chi connectivity index (χ2v) is 9.48. The Bertz CT molecular complexity index is 1140. The van der Waals surface area contributed by atoms with Gasteiger partial charge in [-0.05, 0) is 67.1 Å². The number of aryl methyl sites for hydroxylation is 1. The van der Waals surface area contributed by atoms with Gasteiger partial charge < -0.3 is 14.5 Å². The van der Waals surface area contributed by atoms with Crippen LogP contribution >= 0.6 is 0 Å². The van der Waals surface area contributed by atoms with Gasteiger partial charge in [-0.2, -0.15) is 0 Å². The van der Waals surface area contributed by atoms with E-state index in [1.54, 1.807) is 25.0 Å². The van der Waals surface area contributed by atoms with Crippen molar-refractivity contribution in [2.24, 2.45) is 0 Å². The second-order valence-electron chi connectivity index (χ2n) is 9.48. The lowest BCUT2D eigenvalue weighted by Gasteiger charge is -2.32. The van der Waals surface area contributed by atoms with Crippen molar-refractivity contribution in [3.05, 3.63) is 83.3 Å². The van der Waals surface area contributed by atoms with Crippen molar-refractivity contribution in [2.75, 3.05) is 12.0 Å². The summed E-state index contributed by atoms with van der Waals surface area (Å²) in [4.78, 5) is 29.4. The predicted octanol–water partition coefficient (Wildman–Crippen LogP) is 6.17. The fourth-order valence-corrected chi connectivity index (χ4v) is 4.69. The molecule has 0 aliphatic heterocycles. The smallest absolute Gasteiger partial charge is 0.262 e. The number of benzene rings is 2. The second kappa shape index (κ2) is 10.8. The van der Waals surface area contributed by atoms with Gasteiger partial charge in [-0.15, -0.1) is 0 Å². The molecule has 1 saturated carbocycles. The summed E-state index contributed by atoms with van der Waals surface area (Å²) in [6.07, 6.45) is 5.62. The maximum atomic E-state index is 14.0. The van der Waals surface area contributed by atoms with Gasteiger partial charge >= 0.3 is 0 Å². The van der Waals surface area contributed by atoms with Crippen LogP contribution in [0.2, 0.25) is 0 Å². The fraction of sp³-hybridized carbons (Fsp3) is 0.379. The Labute approximate surface area is 207 Å². The number of hydrogen-bond donors (Lipinski definition) is 1. The van der Waals surface area contributed by atoms with Crippen LogP contribution in [-0.2, 0) is 4.79 Å². The lowest BCUT2D eigenvalue weighted by molar-refractivity contribution is -0.123. The van der Waals surface area contributed by atoms with E-state index in [1.807, 2.05) is 48.5 Å². The summed E-state index contributed by atoms with van der Waals surface area (Å²) < 4.78 is 10.8. The Morgan fingerprint density at radius 2 is 1.60 bits per heavy atom. The average Bonchev–Trinajstić information content (AvgIpc) is 3.54. The first-order chi connectivity index (χ1) is 16.9. The molecule has 1 atom stereocenters. The van der Waals surface area contributed by atoms with Crippen molar-refractivity contribution in [3.63, 3.8) is 0 Å². The Kier molecular flexibility index (Phi) is 7.59. The van der Waals surface area contributed by atoms with Crippen molar-refractivity contribution < 1.29 is 18.7 Å². The number of ether oxygens (including phenoxy) is 1. The van der Waals surface area contributed by atoms with Gasteiger partial charge in [0, 0.05) is 11.7 Å². The zero-order chi connectivity index (χ0) is 24.9. The number of nitrogens with zero attached hydrogens (tertiary/aromatic N) is 1. The number of rotatable bonds is 8. The fourth-order valence-electron chi connectivity index (χ4n) is 4.69. The molecule has 4 rings (SSSR count). The summed E-state index contributed by atoms with van der Waals surface area (Å²) in [5.74, 6) is 1.09. The number of amides is 2. The third-order valence-corrected chi connectivity index (χ3v) is 6.79. The monoisotopic (exact) mass is 474 g/mol. The number of carbonyl (C=O) groups excluding carboxylic acids is 2. The highest BCUT2D eigenvalue weighted by Crippen LogP contribution is 2.33. The molecular formula is C29H34N2O4. The topological polar surface area (TPSA) is 71.8 Å². The third-order valence-electron chi connectivity index (χ3n) is 6.79. The summed E-state index contributed by atoms with van der Waals surface area (Å²) in [6.45, 7) is 6.01. The molecule has 2 aromatic carbocycles. The first kappa shape index (κ1) is 24.6. The number of methoxy groups -OCH3 is 1. The minimum atomic E-state index is -0.854. The number of hydrogen-bond acceptors (Lipinski definition) is 4. The van der Waals surface area contributed by atoms with E-state index < -0.39 is 6.04 Å². The molecule has 1 aliphatic rings. The molecule has 2 amide bonds. The van der Waals surface area contributed by atoms with Gasteiger partial charge in [-0.1, -0.05) is 51.0 Å². The van der Waals surface area contributed by atoms with E-state index in [1.165, 1.54) is 6.26 Å². The molecule has 1 fully saturated rings. The summed E-state index contributed by atoms with van der Waals surface area (Å²) in [7, 11) is 1.60. The Hall–Kier alpha value is -3.54. The van der Waals surface area contributed by atoms with E-state index in [0.717, 1.165) is 31.2 Å². The SMILES string of the molecule is COc1ccc(C(C(=O)NC2CCCC2)N(C(=O)c2ccoc2C)c2ccc(C(C)C)cc2)cc1. The first-order valence-corrected chi connectivity index (χ1v) is 12.3. The average molecular weight is 475 g/mol. The van der Waals surface area contributed by atoms with Crippen LogP contribution in [0.25, 0.3) is 0 Å². The van der Waals surface area contributed by atoms with Gasteiger partial charge in [0.15, 0.2) is 0 Å². The molecule has 35 heavy (non-hydrogen) atoms. The summed E-state index contributed by atoms with van der Waals surface area (Å²) in [5, 5.41) is 3.21. The Balaban J connectivity index is 1.82. The van der Waals surface area contributed by atoms with Crippen LogP contribution in [0, 0.1) is 6.92 Å². The molecule has 184 valence electrons. The van der Waals surface area contributed by atoms with E-state index in [9.17, 15) is 9.59 Å². The largest absolute Gasteiger partial charge is 0.497 e. The summed E-state index contributed by atoms with van der Waals surface area (Å²) >= 11 is 0. The number of furan rings is 1. The summed E-state index contributed by atoms with van der Waals surface area (Å²) in [6, 6.07) is 16.1. The molecule has 1 unspecified atom stereocenters.